The van der Waals surface area contributed by atoms with Crippen LogP contribution in [0.1, 0.15) is 11.1 Å². The lowest BCUT2D eigenvalue weighted by Gasteiger charge is -2.11. The summed E-state index contributed by atoms with van der Waals surface area (Å²) in [5.41, 5.74) is 1.19. The lowest BCUT2D eigenvalue weighted by Crippen LogP contribution is -2.02. The van der Waals surface area contributed by atoms with Crippen LogP contribution in [-0.4, -0.2) is 4.92 Å². The Labute approximate surface area is 139 Å². The average molecular weight is 391 g/mol. The van der Waals surface area contributed by atoms with Gasteiger partial charge >= 0.3 is 0 Å². The van der Waals surface area contributed by atoms with Gasteiger partial charge in [0.2, 0.25) is 0 Å². The van der Waals surface area contributed by atoms with Crippen molar-refractivity contribution in [3.63, 3.8) is 0 Å². The molecule has 0 fully saturated rings. The number of hydrogen-bond donors (Lipinski definition) is 0. The van der Waals surface area contributed by atoms with Crippen LogP contribution >= 0.6 is 39.1 Å². The highest BCUT2D eigenvalue weighted by atomic mass is 79.9. The van der Waals surface area contributed by atoms with Gasteiger partial charge in [-0.1, -0.05) is 45.2 Å². The number of nitro benzene ring substituents is 1. The monoisotopic (exact) mass is 389 g/mol. The molecule has 0 amide bonds. The van der Waals surface area contributed by atoms with Crippen LogP contribution in [0.5, 0.6) is 5.75 Å². The molecule has 0 bridgehead atoms. The maximum Gasteiger partial charge on any atom is 0.277 e. The average Bonchev–Trinajstić information content (AvgIpc) is 2.45. The fourth-order valence-corrected chi connectivity index (χ4v) is 2.93. The quantitative estimate of drug-likeness (QED) is 0.391. The van der Waals surface area contributed by atoms with E-state index in [1.165, 1.54) is 6.07 Å². The topological polar surface area (TPSA) is 52.4 Å². The first kappa shape index (κ1) is 16.1. The Morgan fingerprint density at radius 1 is 1.24 bits per heavy atom. The molecule has 0 saturated heterocycles. The minimum atomic E-state index is -0.478. The van der Waals surface area contributed by atoms with Crippen LogP contribution in [0.25, 0.3) is 0 Å². The molecule has 0 unspecified atom stereocenters. The van der Waals surface area contributed by atoms with Crippen molar-refractivity contribution in [2.24, 2.45) is 0 Å². The zero-order valence-electron chi connectivity index (χ0n) is 10.7. The summed E-state index contributed by atoms with van der Waals surface area (Å²) in [6.07, 6.45) is 0. The molecule has 4 nitrogen and oxygen atoms in total. The summed E-state index contributed by atoms with van der Waals surface area (Å²) in [6, 6.07) is 9.78. The molecule has 0 aliphatic rings. The van der Waals surface area contributed by atoms with Gasteiger partial charge in [-0.05, 0) is 24.3 Å². The van der Waals surface area contributed by atoms with E-state index in [2.05, 4.69) is 15.9 Å². The summed E-state index contributed by atoms with van der Waals surface area (Å²) in [7, 11) is 0. The molecule has 0 radical (unpaired) electrons. The van der Waals surface area contributed by atoms with Gasteiger partial charge in [-0.15, -0.1) is 0 Å². The van der Waals surface area contributed by atoms with Crippen molar-refractivity contribution in [3.05, 3.63) is 67.7 Å². The van der Waals surface area contributed by atoms with E-state index in [1.54, 1.807) is 30.3 Å². The molecular weight excluding hydrogens is 381 g/mol. The highest BCUT2D eigenvalue weighted by Crippen LogP contribution is 2.30. The summed E-state index contributed by atoms with van der Waals surface area (Å²) in [5.74, 6) is 0.587. The molecule has 0 atom stereocenters. The molecular formula is C14H10BrCl2NO3. The summed E-state index contributed by atoms with van der Waals surface area (Å²) in [5, 5.41) is 12.5. The third kappa shape index (κ3) is 3.87. The van der Waals surface area contributed by atoms with Gasteiger partial charge in [-0.2, -0.15) is 0 Å². The molecule has 0 saturated carbocycles. The summed E-state index contributed by atoms with van der Waals surface area (Å²) < 4.78 is 5.66. The van der Waals surface area contributed by atoms with Crippen LogP contribution < -0.4 is 4.74 Å². The fraction of sp³-hybridized carbons (Fsp3) is 0.143. The maximum absolute atomic E-state index is 11.0. The van der Waals surface area contributed by atoms with E-state index in [1.807, 2.05) is 0 Å². The number of halogens is 3. The first-order chi connectivity index (χ1) is 10.0. The molecule has 21 heavy (non-hydrogen) atoms. The summed E-state index contributed by atoms with van der Waals surface area (Å²) in [4.78, 5) is 10.5. The first-order valence-electron chi connectivity index (χ1n) is 5.92. The summed E-state index contributed by atoms with van der Waals surface area (Å²) >= 11 is 15.2. The molecule has 0 spiro atoms. The van der Waals surface area contributed by atoms with E-state index >= 15 is 0 Å². The molecule has 0 heterocycles. The molecule has 2 aromatic rings. The number of hydrogen-bond acceptors (Lipinski definition) is 3. The van der Waals surface area contributed by atoms with Gasteiger partial charge in [0.15, 0.2) is 0 Å². The molecule has 7 heteroatoms. The predicted octanol–water partition coefficient (Wildman–Crippen LogP) is 5.38. The highest BCUT2D eigenvalue weighted by Gasteiger charge is 2.15. The third-order valence-electron chi connectivity index (χ3n) is 2.84. The first-order valence-corrected chi connectivity index (χ1v) is 7.79. The number of nitro groups is 1. The molecule has 0 N–H and O–H groups in total. The van der Waals surface area contributed by atoms with Gasteiger partial charge < -0.3 is 4.74 Å². The van der Waals surface area contributed by atoms with Crippen LogP contribution in [0, 0.1) is 10.1 Å². The van der Waals surface area contributed by atoms with Crippen molar-refractivity contribution in [3.8, 4) is 5.75 Å². The minimum absolute atomic E-state index is 0.0633. The van der Waals surface area contributed by atoms with Gasteiger partial charge in [-0.25, -0.2) is 0 Å². The van der Waals surface area contributed by atoms with Gasteiger partial charge in [0, 0.05) is 27.0 Å². The largest absolute Gasteiger partial charge is 0.488 e. The summed E-state index contributed by atoms with van der Waals surface area (Å²) in [6.45, 7) is 0.0633. The fourth-order valence-electron chi connectivity index (χ4n) is 1.79. The van der Waals surface area contributed by atoms with E-state index in [0.717, 1.165) is 5.56 Å². The van der Waals surface area contributed by atoms with E-state index in [9.17, 15) is 10.1 Å². The van der Waals surface area contributed by atoms with Crippen LogP contribution in [0.3, 0.4) is 0 Å². The zero-order valence-corrected chi connectivity index (χ0v) is 13.8. The normalized spacial score (nSPS) is 10.4. The Hall–Kier alpha value is -1.30. The number of benzene rings is 2. The van der Waals surface area contributed by atoms with Gasteiger partial charge in [0.1, 0.15) is 12.4 Å². The molecule has 2 rings (SSSR count). The standard InChI is InChI=1S/C14H10BrCl2NO3/c15-7-11-12(17)2-1-3-14(11)21-8-9-4-5-10(16)6-13(9)18(19)20/h1-6H,7-8H2. The number of nitrogens with zero attached hydrogens (tertiary/aromatic N) is 1. The van der Waals surface area contributed by atoms with E-state index in [4.69, 9.17) is 27.9 Å². The third-order valence-corrected chi connectivity index (χ3v) is 3.99. The molecule has 0 aliphatic heterocycles. The Kier molecular flexibility index (Phi) is 5.45. The maximum atomic E-state index is 11.0. The predicted molar refractivity (Wildman–Crippen MR) is 86.5 cm³/mol. The lowest BCUT2D eigenvalue weighted by molar-refractivity contribution is -0.385. The van der Waals surface area contributed by atoms with E-state index in [-0.39, 0.29) is 12.3 Å². The number of alkyl halides is 1. The van der Waals surface area contributed by atoms with E-state index in [0.29, 0.717) is 26.7 Å². The zero-order chi connectivity index (χ0) is 15.4. The van der Waals surface area contributed by atoms with Gasteiger partial charge in [0.25, 0.3) is 5.69 Å². The van der Waals surface area contributed by atoms with Gasteiger partial charge in [-0.3, -0.25) is 10.1 Å². The second kappa shape index (κ2) is 7.11. The van der Waals surface area contributed by atoms with Crippen LogP contribution in [0.2, 0.25) is 10.0 Å². The van der Waals surface area contributed by atoms with Crippen molar-refractivity contribution < 1.29 is 9.66 Å². The van der Waals surface area contributed by atoms with Crippen molar-refractivity contribution >= 4 is 44.8 Å². The molecule has 110 valence electrons. The van der Waals surface area contributed by atoms with Crippen molar-refractivity contribution in [2.75, 3.05) is 0 Å². The molecule has 2 aromatic carbocycles. The van der Waals surface area contributed by atoms with Crippen LogP contribution in [0.15, 0.2) is 36.4 Å². The SMILES string of the molecule is O=[N+]([O-])c1cc(Cl)ccc1COc1cccc(Cl)c1CBr. The van der Waals surface area contributed by atoms with Crippen molar-refractivity contribution in [1.29, 1.82) is 0 Å². The number of ether oxygens (including phenoxy) is 1. The van der Waals surface area contributed by atoms with Crippen molar-refractivity contribution in [1.82, 2.24) is 0 Å². The smallest absolute Gasteiger partial charge is 0.277 e. The Balaban J connectivity index is 2.25. The van der Waals surface area contributed by atoms with Gasteiger partial charge in [0.05, 0.1) is 10.5 Å². The lowest BCUT2D eigenvalue weighted by atomic mass is 10.2. The van der Waals surface area contributed by atoms with Crippen LogP contribution in [0.4, 0.5) is 5.69 Å². The van der Waals surface area contributed by atoms with Crippen molar-refractivity contribution in [2.45, 2.75) is 11.9 Å². The number of rotatable bonds is 5. The molecule has 0 aromatic heterocycles. The Bertz CT molecular complexity index is 679. The van der Waals surface area contributed by atoms with E-state index < -0.39 is 4.92 Å². The minimum Gasteiger partial charge on any atom is -0.488 e. The second-order valence-electron chi connectivity index (χ2n) is 4.17. The Morgan fingerprint density at radius 2 is 2.00 bits per heavy atom. The second-order valence-corrected chi connectivity index (χ2v) is 5.57. The Morgan fingerprint density at radius 3 is 2.67 bits per heavy atom. The van der Waals surface area contributed by atoms with Crippen LogP contribution in [-0.2, 0) is 11.9 Å². The highest BCUT2D eigenvalue weighted by molar-refractivity contribution is 9.08. The molecule has 0 aliphatic carbocycles.